The largest absolute Gasteiger partial charge is 0.508 e. The van der Waals surface area contributed by atoms with Crippen LogP contribution in [0.25, 0.3) is 0 Å². The maximum atomic E-state index is 13.4. The Morgan fingerprint density at radius 1 is 0.775 bits per heavy atom. The van der Waals surface area contributed by atoms with Crippen molar-refractivity contribution < 1.29 is 39.3 Å². The van der Waals surface area contributed by atoms with Gasteiger partial charge in [-0.3, -0.25) is 19.2 Å². The molecule has 0 bridgehead atoms. The van der Waals surface area contributed by atoms with Gasteiger partial charge in [-0.05, 0) is 48.1 Å². The number of amides is 3. The van der Waals surface area contributed by atoms with Crippen LogP contribution in [0.2, 0.25) is 0 Å². The van der Waals surface area contributed by atoms with Crippen LogP contribution in [0.15, 0.2) is 54.6 Å². The molecule has 0 spiro atoms. The van der Waals surface area contributed by atoms with E-state index in [-0.39, 0.29) is 25.0 Å². The highest BCUT2D eigenvalue weighted by molar-refractivity contribution is 7.98. The van der Waals surface area contributed by atoms with Gasteiger partial charge >= 0.3 is 11.9 Å². The fourth-order valence-corrected chi connectivity index (χ4v) is 4.21. The number of aliphatic carboxylic acids is 2. The van der Waals surface area contributed by atoms with Crippen LogP contribution in [0.3, 0.4) is 0 Å². The lowest BCUT2D eigenvalue weighted by Crippen LogP contribution is -2.58. The van der Waals surface area contributed by atoms with E-state index in [0.717, 1.165) is 5.56 Å². The fraction of sp³-hybridized carbons (Fsp3) is 0.370. The van der Waals surface area contributed by atoms with E-state index in [1.54, 1.807) is 18.4 Å². The summed E-state index contributed by atoms with van der Waals surface area (Å²) in [5.41, 5.74) is 7.53. The summed E-state index contributed by atoms with van der Waals surface area (Å²) in [4.78, 5) is 61.7. The van der Waals surface area contributed by atoms with Crippen LogP contribution >= 0.6 is 11.8 Å². The van der Waals surface area contributed by atoms with E-state index in [2.05, 4.69) is 16.0 Å². The van der Waals surface area contributed by atoms with E-state index in [0.29, 0.717) is 11.3 Å². The molecule has 0 aromatic heterocycles. The lowest BCUT2D eigenvalue weighted by Gasteiger charge is -2.25. The van der Waals surface area contributed by atoms with Crippen LogP contribution in [-0.2, 0) is 36.8 Å². The molecule has 0 aliphatic carbocycles. The number of thioether (sulfide) groups is 1. The molecule has 2 aromatic carbocycles. The molecule has 0 fully saturated rings. The summed E-state index contributed by atoms with van der Waals surface area (Å²) >= 11 is 1.39. The third-order valence-corrected chi connectivity index (χ3v) is 6.53. The van der Waals surface area contributed by atoms with Crippen molar-refractivity contribution in [1.82, 2.24) is 16.0 Å². The van der Waals surface area contributed by atoms with Gasteiger partial charge in [0.05, 0.1) is 12.5 Å². The van der Waals surface area contributed by atoms with Gasteiger partial charge in [0.25, 0.3) is 0 Å². The predicted octanol–water partition coefficient (Wildman–Crippen LogP) is 0.272. The number of aromatic hydroxyl groups is 1. The summed E-state index contributed by atoms with van der Waals surface area (Å²) < 4.78 is 0. The minimum absolute atomic E-state index is 0.00351. The lowest BCUT2D eigenvalue weighted by atomic mass is 10.0. The summed E-state index contributed by atoms with van der Waals surface area (Å²) in [5, 5.41) is 35.2. The molecule has 13 heteroatoms. The predicted molar refractivity (Wildman–Crippen MR) is 149 cm³/mol. The van der Waals surface area contributed by atoms with Crippen LogP contribution in [-0.4, -0.2) is 81.2 Å². The van der Waals surface area contributed by atoms with Crippen LogP contribution in [0.4, 0.5) is 0 Å². The molecular formula is C27H34N4O8S. The van der Waals surface area contributed by atoms with Gasteiger partial charge in [0.1, 0.15) is 23.9 Å². The molecule has 4 unspecified atom stereocenters. The Morgan fingerprint density at radius 3 is 1.90 bits per heavy atom. The van der Waals surface area contributed by atoms with E-state index in [1.807, 2.05) is 30.3 Å². The Kier molecular flexibility index (Phi) is 12.9. The zero-order valence-electron chi connectivity index (χ0n) is 21.9. The Hall–Kier alpha value is -4.10. The van der Waals surface area contributed by atoms with Crippen molar-refractivity contribution in [2.75, 3.05) is 12.0 Å². The maximum Gasteiger partial charge on any atom is 0.326 e. The first-order valence-electron chi connectivity index (χ1n) is 12.4. The molecule has 0 saturated carbocycles. The number of carboxylic acids is 2. The summed E-state index contributed by atoms with van der Waals surface area (Å²) in [6, 6.07) is 10.1. The Labute approximate surface area is 235 Å². The van der Waals surface area contributed by atoms with Crippen molar-refractivity contribution in [1.29, 1.82) is 0 Å². The summed E-state index contributed by atoms with van der Waals surface area (Å²) in [5.74, 6) is -4.70. The van der Waals surface area contributed by atoms with Gasteiger partial charge in [-0.25, -0.2) is 4.79 Å². The van der Waals surface area contributed by atoms with Gasteiger partial charge in [-0.1, -0.05) is 42.5 Å². The van der Waals surface area contributed by atoms with Gasteiger partial charge in [0.2, 0.25) is 17.7 Å². The van der Waals surface area contributed by atoms with Gasteiger partial charge in [0.15, 0.2) is 0 Å². The second-order valence-electron chi connectivity index (χ2n) is 9.07. The molecule has 0 saturated heterocycles. The van der Waals surface area contributed by atoms with Gasteiger partial charge < -0.3 is 37.0 Å². The van der Waals surface area contributed by atoms with E-state index in [1.165, 1.54) is 23.9 Å². The average molecular weight is 575 g/mol. The number of hydrogen-bond acceptors (Lipinski definition) is 8. The zero-order chi connectivity index (χ0) is 29.7. The number of carboxylic acid groups (broad SMARTS) is 2. The molecule has 0 heterocycles. The van der Waals surface area contributed by atoms with Gasteiger partial charge in [0, 0.05) is 6.42 Å². The SMILES string of the molecule is CSCCC(NC(=O)C(Cc1ccc(O)cc1)NC(=O)C(N)Cc1ccccc1)C(=O)NC(CC(=O)O)C(=O)O. The molecule has 4 atom stereocenters. The Bertz CT molecular complexity index is 1160. The number of carbonyl (C=O) groups excluding carboxylic acids is 3. The van der Waals surface area contributed by atoms with Gasteiger partial charge in [-0.15, -0.1) is 0 Å². The van der Waals surface area contributed by atoms with Crippen LogP contribution in [0.5, 0.6) is 5.75 Å². The van der Waals surface area contributed by atoms with E-state index in [4.69, 9.17) is 10.8 Å². The topological polar surface area (TPSA) is 208 Å². The summed E-state index contributed by atoms with van der Waals surface area (Å²) in [7, 11) is 0. The summed E-state index contributed by atoms with van der Waals surface area (Å²) in [6.07, 6.45) is 1.28. The maximum absolute atomic E-state index is 13.4. The van der Waals surface area contributed by atoms with Crippen molar-refractivity contribution in [2.24, 2.45) is 5.73 Å². The number of benzene rings is 2. The quantitative estimate of drug-likeness (QED) is 0.146. The third-order valence-electron chi connectivity index (χ3n) is 5.88. The lowest BCUT2D eigenvalue weighted by molar-refractivity contribution is -0.147. The molecule has 0 radical (unpaired) electrons. The molecule has 40 heavy (non-hydrogen) atoms. The molecule has 0 aliphatic rings. The molecule has 2 aromatic rings. The van der Waals surface area contributed by atoms with Crippen LogP contribution < -0.4 is 21.7 Å². The number of phenols is 1. The highest BCUT2D eigenvalue weighted by atomic mass is 32.2. The normalized spacial score (nSPS) is 13.8. The molecule has 0 aliphatic heterocycles. The molecular weight excluding hydrogens is 540 g/mol. The second-order valence-corrected chi connectivity index (χ2v) is 10.1. The first-order chi connectivity index (χ1) is 19.0. The van der Waals surface area contributed by atoms with Crippen molar-refractivity contribution in [2.45, 2.75) is 49.9 Å². The third kappa shape index (κ3) is 10.9. The van der Waals surface area contributed by atoms with Crippen molar-refractivity contribution >= 4 is 41.4 Å². The van der Waals surface area contributed by atoms with Crippen molar-refractivity contribution in [3.8, 4) is 5.75 Å². The average Bonchev–Trinajstić information content (AvgIpc) is 2.91. The number of hydrogen-bond donors (Lipinski definition) is 7. The van der Waals surface area contributed by atoms with Crippen LogP contribution in [0, 0.1) is 0 Å². The number of carbonyl (C=O) groups is 5. The molecule has 12 nitrogen and oxygen atoms in total. The first kappa shape index (κ1) is 32.1. The number of phenolic OH excluding ortho intramolecular Hbond substituents is 1. The Morgan fingerprint density at radius 2 is 1.32 bits per heavy atom. The van der Waals surface area contributed by atoms with Crippen LogP contribution in [0.1, 0.15) is 24.0 Å². The molecule has 216 valence electrons. The number of rotatable bonds is 16. The first-order valence-corrected chi connectivity index (χ1v) is 13.8. The minimum Gasteiger partial charge on any atom is -0.508 e. The van der Waals surface area contributed by atoms with E-state index in [9.17, 15) is 34.2 Å². The van der Waals surface area contributed by atoms with E-state index >= 15 is 0 Å². The van der Waals surface area contributed by atoms with Gasteiger partial charge in [-0.2, -0.15) is 11.8 Å². The van der Waals surface area contributed by atoms with E-state index < -0.39 is 60.2 Å². The molecule has 8 N–H and O–H groups in total. The standard InChI is InChI=1S/C27H34N4O8S/c1-40-12-11-20(25(36)31-22(27(38)39)15-23(33)34)29-26(37)21(14-17-7-9-18(32)10-8-17)30-24(35)19(28)13-16-5-3-2-4-6-16/h2-10,19-22,32H,11-15,28H2,1H3,(H,29,37)(H,30,35)(H,31,36)(H,33,34)(H,38,39). The fourth-order valence-electron chi connectivity index (χ4n) is 3.74. The molecule has 2 rings (SSSR count). The Balaban J connectivity index is 2.22. The minimum atomic E-state index is -1.69. The monoisotopic (exact) mass is 574 g/mol. The highest BCUT2D eigenvalue weighted by Crippen LogP contribution is 2.13. The summed E-state index contributed by atoms with van der Waals surface area (Å²) in [6.45, 7) is 0. The smallest absolute Gasteiger partial charge is 0.326 e. The zero-order valence-corrected chi connectivity index (χ0v) is 22.7. The molecule has 3 amide bonds. The number of nitrogens with one attached hydrogen (secondary N) is 3. The second kappa shape index (κ2) is 16.1. The van der Waals surface area contributed by atoms with Crippen molar-refractivity contribution in [3.05, 3.63) is 65.7 Å². The highest BCUT2D eigenvalue weighted by Gasteiger charge is 2.31. The number of nitrogens with two attached hydrogens (primary N) is 1. The van der Waals surface area contributed by atoms with Crippen molar-refractivity contribution in [3.63, 3.8) is 0 Å².